The molecule has 0 aliphatic heterocycles. The molecule has 0 radical (unpaired) electrons. The van der Waals surface area contributed by atoms with Gasteiger partial charge in [0.1, 0.15) is 17.5 Å². The van der Waals surface area contributed by atoms with Crippen molar-refractivity contribution >= 4 is 34.6 Å². The van der Waals surface area contributed by atoms with E-state index in [4.69, 9.17) is 14.2 Å². The molecule has 4 rings (SSSR count). The number of rotatable bonds is 12. The third-order valence-corrected chi connectivity index (χ3v) is 6.77. The van der Waals surface area contributed by atoms with Gasteiger partial charge in [0.15, 0.2) is 6.29 Å². The van der Waals surface area contributed by atoms with Crippen LogP contribution in [0.5, 0.6) is 0 Å². The minimum absolute atomic E-state index is 0.0338. The van der Waals surface area contributed by atoms with Crippen molar-refractivity contribution in [1.29, 1.82) is 0 Å². The first-order valence-corrected chi connectivity index (χ1v) is 12.7. The molecule has 2 aromatic carbocycles. The predicted octanol–water partition coefficient (Wildman–Crippen LogP) is 4.15. The number of aldehydes is 1. The van der Waals surface area contributed by atoms with Crippen LogP contribution in [0.3, 0.4) is 0 Å². The Morgan fingerprint density at radius 1 is 1.15 bits per heavy atom. The standard InChI is InChI=1S/C30H32N2O7/c1-4-39-17-19-14-25(37-2)27(26(15-19)38-3)20-11-9-18(10-12-20)13-24(30(35)36)32-29(34)28-22(16-33)21-7-5-6-8-23(21)31-28/h5-12,14,16,24,26,31H,4,13,15,17H2,1-3H3,(H,32,34)(H,35,36). The van der Waals surface area contributed by atoms with Crippen molar-refractivity contribution in [1.82, 2.24) is 10.3 Å². The number of nitrogens with one attached hydrogen (secondary N) is 2. The lowest BCUT2D eigenvalue weighted by Crippen LogP contribution is -2.42. The van der Waals surface area contributed by atoms with E-state index in [9.17, 15) is 19.5 Å². The first kappa shape index (κ1) is 27.8. The van der Waals surface area contributed by atoms with Gasteiger partial charge in [0, 0.05) is 43.0 Å². The van der Waals surface area contributed by atoms with Crippen LogP contribution in [0.15, 0.2) is 65.9 Å². The van der Waals surface area contributed by atoms with Gasteiger partial charge in [-0.1, -0.05) is 42.5 Å². The van der Waals surface area contributed by atoms with E-state index >= 15 is 0 Å². The Morgan fingerprint density at radius 3 is 2.54 bits per heavy atom. The summed E-state index contributed by atoms with van der Waals surface area (Å²) in [5.41, 5.74) is 4.43. The molecule has 39 heavy (non-hydrogen) atoms. The normalized spacial score (nSPS) is 16.1. The zero-order valence-electron chi connectivity index (χ0n) is 22.2. The zero-order valence-corrected chi connectivity index (χ0v) is 22.2. The fourth-order valence-electron chi connectivity index (χ4n) is 4.80. The lowest BCUT2D eigenvalue weighted by molar-refractivity contribution is -0.139. The van der Waals surface area contributed by atoms with Gasteiger partial charge in [-0.15, -0.1) is 0 Å². The average molecular weight is 533 g/mol. The summed E-state index contributed by atoms with van der Waals surface area (Å²) in [7, 11) is 3.26. The first-order chi connectivity index (χ1) is 18.9. The topological polar surface area (TPSA) is 127 Å². The van der Waals surface area contributed by atoms with E-state index in [-0.39, 0.29) is 23.8 Å². The molecule has 9 nitrogen and oxygen atoms in total. The third kappa shape index (κ3) is 6.10. The number of ether oxygens (including phenoxy) is 3. The van der Waals surface area contributed by atoms with Crippen LogP contribution >= 0.6 is 0 Å². The number of allylic oxidation sites excluding steroid dienone is 1. The fraction of sp³-hybridized carbons (Fsp3) is 0.300. The average Bonchev–Trinajstić information content (AvgIpc) is 3.34. The third-order valence-electron chi connectivity index (χ3n) is 6.77. The molecule has 2 atom stereocenters. The van der Waals surface area contributed by atoms with Crippen molar-refractivity contribution in [3.05, 3.63) is 88.3 Å². The monoisotopic (exact) mass is 532 g/mol. The predicted molar refractivity (Wildman–Crippen MR) is 147 cm³/mol. The molecule has 2 unspecified atom stereocenters. The second-order valence-corrected chi connectivity index (χ2v) is 9.19. The number of benzene rings is 2. The Balaban J connectivity index is 1.54. The molecule has 204 valence electrons. The van der Waals surface area contributed by atoms with E-state index < -0.39 is 17.9 Å². The Hall–Kier alpha value is -4.21. The van der Waals surface area contributed by atoms with Crippen molar-refractivity contribution in [2.24, 2.45) is 0 Å². The van der Waals surface area contributed by atoms with Crippen LogP contribution in [0.2, 0.25) is 0 Å². The molecule has 1 amide bonds. The van der Waals surface area contributed by atoms with Gasteiger partial charge >= 0.3 is 5.97 Å². The molecule has 3 aromatic rings. The minimum Gasteiger partial charge on any atom is -0.496 e. The molecule has 3 N–H and O–H groups in total. The molecule has 1 heterocycles. The largest absolute Gasteiger partial charge is 0.496 e. The second kappa shape index (κ2) is 12.6. The Bertz CT molecular complexity index is 1420. The van der Waals surface area contributed by atoms with Crippen molar-refractivity contribution in [3.8, 4) is 0 Å². The molecule has 0 bridgehead atoms. The van der Waals surface area contributed by atoms with Gasteiger partial charge in [-0.25, -0.2) is 4.79 Å². The highest BCUT2D eigenvalue weighted by Crippen LogP contribution is 2.34. The number of hydrogen-bond acceptors (Lipinski definition) is 6. The van der Waals surface area contributed by atoms with Crippen LogP contribution in [0, 0.1) is 0 Å². The molecule has 0 saturated carbocycles. The van der Waals surface area contributed by atoms with Gasteiger partial charge in [-0.05, 0) is 35.8 Å². The Morgan fingerprint density at radius 2 is 1.90 bits per heavy atom. The SMILES string of the molecule is CCOCC1=CC(OC)=C(c2ccc(CC(NC(=O)c3[nH]c4ccccc4c3C=O)C(=O)O)cc2)C(OC)C1. The zero-order chi connectivity index (χ0) is 27.9. The summed E-state index contributed by atoms with van der Waals surface area (Å²) in [6.07, 6.45) is 3.08. The van der Waals surface area contributed by atoms with Crippen LogP contribution in [0.25, 0.3) is 16.5 Å². The number of aliphatic carboxylic acids is 1. The highest BCUT2D eigenvalue weighted by molar-refractivity contribution is 6.10. The number of amides is 1. The number of carbonyl (C=O) groups excluding carboxylic acids is 2. The molecular weight excluding hydrogens is 500 g/mol. The minimum atomic E-state index is -1.20. The van der Waals surface area contributed by atoms with Gasteiger partial charge in [0.2, 0.25) is 0 Å². The maximum Gasteiger partial charge on any atom is 0.326 e. The van der Waals surface area contributed by atoms with Crippen molar-refractivity contribution < 1.29 is 33.7 Å². The molecule has 9 heteroatoms. The number of aromatic amines is 1. The lowest BCUT2D eigenvalue weighted by atomic mass is 9.88. The highest BCUT2D eigenvalue weighted by Gasteiger charge is 2.27. The molecule has 0 spiro atoms. The van der Waals surface area contributed by atoms with E-state index in [0.29, 0.717) is 42.6 Å². The smallest absolute Gasteiger partial charge is 0.326 e. The number of aromatic nitrogens is 1. The summed E-state index contributed by atoms with van der Waals surface area (Å²) < 4.78 is 17.0. The van der Waals surface area contributed by atoms with Crippen molar-refractivity contribution in [2.45, 2.75) is 31.9 Å². The summed E-state index contributed by atoms with van der Waals surface area (Å²) in [6, 6.07) is 13.2. The van der Waals surface area contributed by atoms with Gasteiger partial charge in [-0.2, -0.15) is 0 Å². The van der Waals surface area contributed by atoms with Gasteiger partial charge < -0.3 is 29.6 Å². The highest BCUT2D eigenvalue weighted by atomic mass is 16.5. The van der Waals surface area contributed by atoms with E-state index in [2.05, 4.69) is 10.3 Å². The first-order valence-electron chi connectivity index (χ1n) is 12.7. The van der Waals surface area contributed by atoms with Crippen LogP contribution in [-0.4, -0.2) is 67.8 Å². The van der Waals surface area contributed by atoms with Crippen LogP contribution in [0.4, 0.5) is 0 Å². The summed E-state index contributed by atoms with van der Waals surface area (Å²) in [6.45, 7) is 3.07. The van der Waals surface area contributed by atoms with Crippen molar-refractivity contribution in [2.75, 3.05) is 27.4 Å². The molecule has 0 fully saturated rings. The van der Waals surface area contributed by atoms with Gasteiger partial charge in [-0.3, -0.25) is 9.59 Å². The quantitative estimate of drug-likeness (QED) is 0.299. The number of fused-ring (bicyclic) bond motifs is 1. The Labute approximate surface area is 226 Å². The lowest BCUT2D eigenvalue weighted by Gasteiger charge is -2.27. The van der Waals surface area contributed by atoms with E-state index in [1.807, 2.05) is 37.3 Å². The second-order valence-electron chi connectivity index (χ2n) is 9.19. The van der Waals surface area contributed by atoms with E-state index in [1.54, 1.807) is 38.5 Å². The molecule has 0 saturated heterocycles. The summed E-state index contributed by atoms with van der Waals surface area (Å²) in [5, 5.41) is 13.0. The van der Waals surface area contributed by atoms with Crippen LogP contribution in [-0.2, 0) is 25.4 Å². The number of methoxy groups -OCH3 is 2. The van der Waals surface area contributed by atoms with Gasteiger partial charge in [0.05, 0.1) is 25.4 Å². The number of carbonyl (C=O) groups is 3. The maximum atomic E-state index is 13.0. The number of hydrogen-bond donors (Lipinski definition) is 3. The number of H-pyrrole nitrogens is 1. The fourth-order valence-corrected chi connectivity index (χ4v) is 4.80. The van der Waals surface area contributed by atoms with Gasteiger partial charge in [0.25, 0.3) is 5.91 Å². The Kier molecular flexibility index (Phi) is 8.96. The van der Waals surface area contributed by atoms with Crippen molar-refractivity contribution in [3.63, 3.8) is 0 Å². The van der Waals surface area contributed by atoms with E-state index in [1.165, 1.54) is 0 Å². The number of carboxylic acids is 1. The van der Waals surface area contributed by atoms with Crippen LogP contribution in [0.1, 0.15) is 45.3 Å². The number of para-hydroxylation sites is 1. The summed E-state index contributed by atoms with van der Waals surface area (Å²) in [5.74, 6) is -1.15. The summed E-state index contributed by atoms with van der Waals surface area (Å²) >= 11 is 0. The molecular formula is C30H32N2O7. The molecule has 1 aliphatic rings. The maximum absolute atomic E-state index is 13.0. The molecule has 1 aliphatic carbocycles. The summed E-state index contributed by atoms with van der Waals surface area (Å²) in [4.78, 5) is 39.6. The number of carboxylic acid groups (broad SMARTS) is 1. The molecule has 1 aromatic heterocycles. The van der Waals surface area contributed by atoms with Crippen LogP contribution < -0.4 is 5.32 Å². The van der Waals surface area contributed by atoms with E-state index in [0.717, 1.165) is 22.3 Å².